The van der Waals surface area contributed by atoms with Gasteiger partial charge in [-0.3, -0.25) is 14.6 Å². The summed E-state index contributed by atoms with van der Waals surface area (Å²) in [6, 6.07) is 11.3. The second-order valence-electron chi connectivity index (χ2n) is 6.90. The lowest BCUT2D eigenvalue weighted by molar-refractivity contribution is -0.137. The Balaban J connectivity index is 1.83. The average Bonchev–Trinajstić information content (AvgIpc) is 2.58. The summed E-state index contributed by atoms with van der Waals surface area (Å²) in [5.74, 6) is -0.677. The number of hydrogen-bond donors (Lipinski definition) is 1. The summed E-state index contributed by atoms with van der Waals surface area (Å²) < 4.78 is 0. The summed E-state index contributed by atoms with van der Waals surface area (Å²) in [5.41, 5.74) is 1.39. The highest BCUT2D eigenvalue weighted by Gasteiger charge is 2.24. The van der Waals surface area contributed by atoms with Crippen molar-refractivity contribution in [2.75, 3.05) is 26.2 Å². The maximum Gasteiger partial charge on any atom is 0.303 e. The van der Waals surface area contributed by atoms with Gasteiger partial charge in [0.1, 0.15) is 0 Å². The number of carboxylic acid groups (broad SMARTS) is 1. The van der Waals surface area contributed by atoms with Gasteiger partial charge < -0.3 is 5.11 Å². The quantitative estimate of drug-likeness (QED) is 0.665. The van der Waals surface area contributed by atoms with Crippen molar-refractivity contribution in [3.8, 4) is 0 Å². The number of rotatable bonds is 10. The Bertz CT molecular complexity index is 478. The van der Waals surface area contributed by atoms with Crippen LogP contribution in [-0.4, -0.2) is 53.1 Å². The van der Waals surface area contributed by atoms with E-state index in [1.807, 2.05) is 0 Å². The summed E-state index contributed by atoms with van der Waals surface area (Å²) in [6.45, 7) is 7.74. The van der Waals surface area contributed by atoms with Crippen LogP contribution in [0.15, 0.2) is 30.3 Å². The minimum atomic E-state index is -0.677. The molecule has 1 saturated heterocycles. The predicted molar refractivity (Wildman–Crippen MR) is 98.1 cm³/mol. The fourth-order valence-electron chi connectivity index (χ4n) is 3.67. The molecule has 0 amide bonds. The second-order valence-corrected chi connectivity index (χ2v) is 6.90. The number of piperidine rings is 1. The molecule has 4 heteroatoms. The van der Waals surface area contributed by atoms with E-state index in [-0.39, 0.29) is 0 Å². The number of nitrogens with zero attached hydrogens (tertiary/aromatic N) is 2. The van der Waals surface area contributed by atoms with Crippen molar-refractivity contribution in [2.45, 2.75) is 58.0 Å². The highest BCUT2D eigenvalue weighted by atomic mass is 16.4. The van der Waals surface area contributed by atoms with Crippen molar-refractivity contribution in [3.63, 3.8) is 0 Å². The molecule has 1 heterocycles. The third kappa shape index (κ3) is 6.62. The highest BCUT2D eigenvalue weighted by Crippen LogP contribution is 2.19. The zero-order chi connectivity index (χ0) is 17.2. The smallest absolute Gasteiger partial charge is 0.303 e. The van der Waals surface area contributed by atoms with Gasteiger partial charge in [0.2, 0.25) is 0 Å². The first-order chi connectivity index (χ1) is 11.7. The molecule has 2 rings (SSSR count). The maximum absolute atomic E-state index is 10.7. The van der Waals surface area contributed by atoms with Gasteiger partial charge in [-0.2, -0.15) is 0 Å². The summed E-state index contributed by atoms with van der Waals surface area (Å²) >= 11 is 0. The van der Waals surface area contributed by atoms with Crippen molar-refractivity contribution in [1.29, 1.82) is 0 Å². The summed E-state index contributed by atoms with van der Waals surface area (Å²) in [6.07, 6.45) is 5.76. The number of aliphatic carboxylic acids is 1. The molecule has 1 N–H and O–H groups in total. The monoisotopic (exact) mass is 332 g/mol. The molecule has 24 heavy (non-hydrogen) atoms. The molecule has 1 aliphatic heterocycles. The Hall–Kier alpha value is -1.39. The van der Waals surface area contributed by atoms with Crippen molar-refractivity contribution >= 4 is 5.97 Å². The SMILES string of the molecule is CCCN(CCCCC(=O)O)C1CCCN(Cc2ccccc2)C1. The molecule has 0 aromatic heterocycles. The van der Waals surface area contributed by atoms with Crippen LogP contribution in [0.3, 0.4) is 0 Å². The molecule has 0 bridgehead atoms. The number of hydrogen-bond acceptors (Lipinski definition) is 3. The number of unbranched alkanes of at least 4 members (excludes halogenated alkanes) is 1. The summed E-state index contributed by atoms with van der Waals surface area (Å²) in [7, 11) is 0. The number of carbonyl (C=O) groups is 1. The van der Waals surface area contributed by atoms with E-state index in [0.717, 1.165) is 45.4 Å². The largest absolute Gasteiger partial charge is 0.481 e. The minimum Gasteiger partial charge on any atom is -0.481 e. The summed E-state index contributed by atoms with van der Waals surface area (Å²) in [4.78, 5) is 15.8. The van der Waals surface area contributed by atoms with Crippen LogP contribution < -0.4 is 0 Å². The van der Waals surface area contributed by atoms with E-state index in [4.69, 9.17) is 5.11 Å². The molecule has 1 unspecified atom stereocenters. The van der Waals surface area contributed by atoms with Crippen LogP contribution in [0.4, 0.5) is 0 Å². The molecule has 4 nitrogen and oxygen atoms in total. The standard InChI is InChI=1S/C20H32N2O2/c1-2-13-22(15-7-6-12-20(23)24)19-11-8-14-21(17-19)16-18-9-4-3-5-10-18/h3-5,9-10,19H,2,6-8,11-17H2,1H3,(H,23,24). The number of carboxylic acids is 1. The molecule has 134 valence electrons. The molecule has 0 spiro atoms. The third-order valence-electron chi connectivity index (χ3n) is 4.84. The maximum atomic E-state index is 10.7. The van der Waals surface area contributed by atoms with Gasteiger partial charge in [0.15, 0.2) is 0 Å². The topological polar surface area (TPSA) is 43.8 Å². The Morgan fingerprint density at radius 2 is 2.04 bits per heavy atom. The van der Waals surface area contributed by atoms with Gasteiger partial charge >= 0.3 is 5.97 Å². The van der Waals surface area contributed by atoms with Crippen LogP contribution in [-0.2, 0) is 11.3 Å². The van der Waals surface area contributed by atoms with Gasteiger partial charge in [-0.05, 0) is 57.3 Å². The lowest BCUT2D eigenvalue weighted by Gasteiger charge is -2.39. The molecule has 0 saturated carbocycles. The molecule has 1 fully saturated rings. The van der Waals surface area contributed by atoms with Gasteiger partial charge in [0.25, 0.3) is 0 Å². The second kappa shape index (κ2) is 10.5. The average molecular weight is 332 g/mol. The number of likely N-dealkylation sites (tertiary alicyclic amines) is 1. The first-order valence-corrected chi connectivity index (χ1v) is 9.41. The van der Waals surface area contributed by atoms with Crippen molar-refractivity contribution in [3.05, 3.63) is 35.9 Å². The molecule has 1 aromatic rings. The van der Waals surface area contributed by atoms with E-state index in [1.165, 1.54) is 24.9 Å². The van der Waals surface area contributed by atoms with E-state index in [1.54, 1.807) is 0 Å². The van der Waals surface area contributed by atoms with Gasteiger partial charge in [0.05, 0.1) is 0 Å². The number of benzene rings is 1. The van der Waals surface area contributed by atoms with Crippen LogP contribution in [0.2, 0.25) is 0 Å². The Labute approximate surface area is 146 Å². The van der Waals surface area contributed by atoms with Crippen LogP contribution >= 0.6 is 0 Å². The molecule has 1 aromatic carbocycles. The normalized spacial score (nSPS) is 18.8. The van der Waals surface area contributed by atoms with Gasteiger partial charge in [-0.1, -0.05) is 37.3 Å². The summed E-state index contributed by atoms with van der Waals surface area (Å²) in [5, 5.41) is 8.79. The van der Waals surface area contributed by atoms with Crippen molar-refractivity contribution in [1.82, 2.24) is 9.80 Å². The van der Waals surface area contributed by atoms with E-state index < -0.39 is 5.97 Å². The lowest BCUT2D eigenvalue weighted by atomic mass is 10.0. The fraction of sp³-hybridized carbons (Fsp3) is 0.650. The minimum absolute atomic E-state index is 0.296. The Morgan fingerprint density at radius 1 is 1.25 bits per heavy atom. The first-order valence-electron chi connectivity index (χ1n) is 9.41. The van der Waals surface area contributed by atoms with Crippen LogP contribution in [0.25, 0.3) is 0 Å². The predicted octanol–water partition coefficient (Wildman–Crippen LogP) is 3.62. The van der Waals surface area contributed by atoms with Crippen molar-refractivity contribution < 1.29 is 9.90 Å². The van der Waals surface area contributed by atoms with Crippen LogP contribution in [0, 0.1) is 0 Å². The van der Waals surface area contributed by atoms with Crippen LogP contribution in [0.5, 0.6) is 0 Å². The Kier molecular flexibility index (Phi) is 8.26. The fourth-order valence-corrected chi connectivity index (χ4v) is 3.67. The van der Waals surface area contributed by atoms with Gasteiger partial charge in [0, 0.05) is 25.6 Å². The van der Waals surface area contributed by atoms with Crippen LogP contribution in [0.1, 0.15) is 51.0 Å². The molecular weight excluding hydrogens is 300 g/mol. The molecule has 0 aliphatic carbocycles. The van der Waals surface area contributed by atoms with E-state index in [2.05, 4.69) is 47.1 Å². The van der Waals surface area contributed by atoms with E-state index >= 15 is 0 Å². The first kappa shape index (κ1) is 18.9. The van der Waals surface area contributed by atoms with Gasteiger partial charge in [-0.15, -0.1) is 0 Å². The van der Waals surface area contributed by atoms with Gasteiger partial charge in [-0.25, -0.2) is 0 Å². The molecular formula is C20H32N2O2. The van der Waals surface area contributed by atoms with E-state index in [9.17, 15) is 4.79 Å². The molecule has 0 radical (unpaired) electrons. The highest BCUT2D eigenvalue weighted by molar-refractivity contribution is 5.66. The molecule has 1 atom stereocenters. The van der Waals surface area contributed by atoms with E-state index in [0.29, 0.717) is 12.5 Å². The zero-order valence-corrected chi connectivity index (χ0v) is 15.0. The Morgan fingerprint density at radius 3 is 2.75 bits per heavy atom. The van der Waals surface area contributed by atoms with Crippen molar-refractivity contribution in [2.24, 2.45) is 0 Å². The zero-order valence-electron chi connectivity index (χ0n) is 15.0. The third-order valence-corrected chi connectivity index (χ3v) is 4.84. The molecule has 1 aliphatic rings. The lowest BCUT2D eigenvalue weighted by Crippen LogP contribution is -2.48.